The zero-order valence-electron chi connectivity index (χ0n) is 12.2. The number of benzene rings is 2. The molecule has 3 aromatic rings. The van der Waals surface area contributed by atoms with Gasteiger partial charge in [-0.15, -0.1) is 0 Å². The monoisotopic (exact) mass is 313 g/mol. The molecule has 2 aromatic carbocycles. The number of nitro groups is 1. The molecule has 3 rings (SSSR count). The van der Waals surface area contributed by atoms with Crippen molar-refractivity contribution in [3.63, 3.8) is 0 Å². The molecule has 1 heterocycles. The van der Waals surface area contributed by atoms with Crippen molar-refractivity contribution in [2.45, 2.75) is 13.5 Å². The van der Waals surface area contributed by atoms with E-state index in [9.17, 15) is 19.3 Å². The number of hydrogen-bond acceptors (Lipinski definition) is 4. The maximum Gasteiger partial charge on any atom is 0.274 e. The number of hydrogen-bond donors (Lipinski definition) is 0. The summed E-state index contributed by atoms with van der Waals surface area (Å²) in [5.74, 6) is -0.594. The highest BCUT2D eigenvalue weighted by molar-refractivity contribution is 5.77. The summed E-state index contributed by atoms with van der Waals surface area (Å²) in [4.78, 5) is 27.1. The predicted molar refractivity (Wildman–Crippen MR) is 82.9 cm³/mol. The van der Waals surface area contributed by atoms with Gasteiger partial charge in [-0.2, -0.15) is 0 Å². The van der Waals surface area contributed by atoms with Crippen LogP contribution in [0.15, 0.2) is 47.5 Å². The van der Waals surface area contributed by atoms with Crippen LogP contribution < -0.4 is 5.56 Å². The molecular weight excluding hydrogens is 301 g/mol. The van der Waals surface area contributed by atoms with Gasteiger partial charge in [-0.25, -0.2) is 9.37 Å². The molecule has 0 aliphatic rings. The second kappa shape index (κ2) is 5.60. The van der Waals surface area contributed by atoms with Gasteiger partial charge in [0.1, 0.15) is 5.82 Å². The van der Waals surface area contributed by atoms with Gasteiger partial charge >= 0.3 is 0 Å². The van der Waals surface area contributed by atoms with Gasteiger partial charge in [0, 0.05) is 6.07 Å². The first-order valence-electron chi connectivity index (χ1n) is 6.84. The van der Waals surface area contributed by atoms with Crippen LogP contribution >= 0.6 is 0 Å². The van der Waals surface area contributed by atoms with Crippen molar-refractivity contribution < 1.29 is 9.31 Å². The Hall–Kier alpha value is -3.09. The molecule has 0 saturated heterocycles. The van der Waals surface area contributed by atoms with Crippen LogP contribution in [0, 0.1) is 22.9 Å². The van der Waals surface area contributed by atoms with Crippen LogP contribution in [0.25, 0.3) is 10.9 Å². The van der Waals surface area contributed by atoms with Gasteiger partial charge in [0.2, 0.25) is 0 Å². The fraction of sp³-hybridized carbons (Fsp3) is 0.125. The van der Waals surface area contributed by atoms with E-state index in [0.29, 0.717) is 10.9 Å². The van der Waals surface area contributed by atoms with Crippen LogP contribution in [0.1, 0.15) is 11.1 Å². The summed E-state index contributed by atoms with van der Waals surface area (Å²) in [5.41, 5.74) is 1.02. The zero-order valence-corrected chi connectivity index (χ0v) is 12.2. The summed E-state index contributed by atoms with van der Waals surface area (Å²) >= 11 is 0. The molecule has 0 bridgehead atoms. The number of nitrogens with zero attached hydrogens (tertiary/aromatic N) is 3. The van der Waals surface area contributed by atoms with Gasteiger partial charge in [0.25, 0.3) is 11.2 Å². The van der Waals surface area contributed by atoms with E-state index in [0.717, 1.165) is 23.8 Å². The van der Waals surface area contributed by atoms with E-state index in [1.165, 1.54) is 10.9 Å². The molecule has 0 amide bonds. The highest BCUT2D eigenvalue weighted by atomic mass is 19.1. The zero-order chi connectivity index (χ0) is 16.6. The highest BCUT2D eigenvalue weighted by Gasteiger charge is 2.16. The Morgan fingerprint density at radius 2 is 2.04 bits per heavy atom. The maximum absolute atomic E-state index is 13.4. The molecule has 0 aliphatic carbocycles. The first-order chi connectivity index (χ1) is 11.0. The Labute approximate surface area is 130 Å². The Morgan fingerprint density at radius 1 is 1.26 bits per heavy atom. The Bertz CT molecular complexity index is 982. The third kappa shape index (κ3) is 2.80. The molecule has 0 aliphatic heterocycles. The number of nitro benzene ring substituents is 1. The Kier molecular flexibility index (Phi) is 3.61. The third-order valence-corrected chi connectivity index (χ3v) is 3.56. The van der Waals surface area contributed by atoms with E-state index in [1.54, 1.807) is 12.1 Å². The van der Waals surface area contributed by atoms with Crippen molar-refractivity contribution in [2.75, 3.05) is 0 Å². The van der Waals surface area contributed by atoms with Crippen molar-refractivity contribution in [1.29, 1.82) is 0 Å². The average Bonchev–Trinajstić information content (AvgIpc) is 2.50. The van der Waals surface area contributed by atoms with Crippen LogP contribution in [-0.2, 0) is 6.54 Å². The smallest absolute Gasteiger partial charge is 0.274 e. The van der Waals surface area contributed by atoms with E-state index in [4.69, 9.17) is 0 Å². The topological polar surface area (TPSA) is 78.0 Å². The molecule has 0 N–H and O–H groups in total. The molecule has 0 atom stereocenters. The minimum atomic E-state index is -0.599. The second-order valence-corrected chi connectivity index (χ2v) is 5.23. The number of aryl methyl sites for hydroxylation is 1. The van der Waals surface area contributed by atoms with E-state index in [1.807, 2.05) is 13.0 Å². The summed E-state index contributed by atoms with van der Waals surface area (Å²) in [6.45, 7) is 1.73. The van der Waals surface area contributed by atoms with Crippen molar-refractivity contribution in [3.8, 4) is 0 Å². The standard InChI is InChI=1S/C16H12FN3O3/c1-10-2-4-14-13(6-10)16(21)19(9-18-14)8-11-7-12(17)3-5-15(11)20(22)23/h2-7,9H,8H2,1H3. The molecule has 0 saturated carbocycles. The first kappa shape index (κ1) is 14.8. The fourth-order valence-corrected chi connectivity index (χ4v) is 2.43. The Morgan fingerprint density at radius 3 is 2.78 bits per heavy atom. The third-order valence-electron chi connectivity index (χ3n) is 3.56. The lowest BCUT2D eigenvalue weighted by Gasteiger charge is -2.08. The molecule has 116 valence electrons. The van der Waals surface area contributed by atoms with Crippen LogP contribution in [0.4, 0.5) is 10.1 Å². The summed E-state index contributed by atoms with van der Waals surface area (Å²) in [7, 11) is 0. The van der Waals surface area contributed by atoms with Gasteiger partial charge in [0.15, 0.2) is 0 Å². The van der Waals surface area contributed by atoms with Gasteiger partial charge < -0.3 is 0 Å². The van der Waals surface area contributed by atoms with Gasteiger partial charge in [0.05, 0.1) is 34.3 Å². The van der Waals surface area contributed by atoms with E-state index < -0.39 is 10.7 Å². The van der Waals surface area contributed by atoms with E-state index >= 15 is 0 Å². The molecule has 0 radical (unpaired) electrons. The van der Waals surface area contributed by atoms with Gasteiger partial charge in [-0.1, -0.05) is 11.6 Å². The minimum absolute atomic E-state index is 0.117. The van der Waals surface area contributed by atoms with Crippen LogP contribution in [-0.4, -0.2) is 14.5 Å². The summed E-state index contributed by atoms with van der Waals surface area (Å²) in [5, 5.41) is 11.5. The fourth-order valence-electron chi connectivity index (χ4n) is 2.43. The van der Waals surface area contributed by atoms with Crippen LogP contribution in [0.5, 0.6) is 0 Å². The average molecular weight is 313 g/mol. The summed E-state index contributed by atoms with van der Waals surface area (Å²) < 4.78 is 14.6. The number of halogens is 1. The van der Waals surface area contributed by atoms with Gasteiger partial charge in [-0.3, -0.25) is 19.5 Å². The second-order valence-electron chi connectivity index (χ2n) is 5.23. The quantitative estimate of drug-likeness (QED) is 0.550. The van der Waals surface area contributed by atoms with Crippen molar-refractivity contribution >= 4 is 16.6 Å². The van der Waals surface area contributed by atoms with E-state index in [-0.39, 0.29) is 23.4 Å². The lowest BCUT2D eigenvalue weighted by Crippen LogP contribution is -2.21. The normalized spacial score (nSPS) is 10.9. The highest BCUT2D eigenvalue weighted by Crippen LogP contribution is 2.20. The van der Waals surface area contributed by atoms with Crippen LogP contribution in [0.2, 0.25) is 0 Å². The minimum Gasteiger partial charge on any atom is -0.294 e. The van der Waals surface area contributed by atoms with Gasteiger partial charge in [-0.05, 0) is 31.2 Å². The largest absolute Gasteiger partial charge is 0.294 e. The predicted octanol–water partition coefficient (Wildman–Crippen LogP) is 2.80. The first-order valence-corrected chi connectivity index (χ1v) is 6.84. The van der Waals surface area contributed by atoms with E-state index in [2.05, 4.69) is 4.98 Å². The molecule has 0 unspecified atom stereocenters. The molecular formula is C16H12FN3O3. The lowest BCUT2D eigenvalue weighted by atomic mass is 10.1. The Balaban J connectivity index is 2.12. The lowest BCUT2D eigenvalue weighted by molar-refractivity contribution is -0.385. The summed E-state index contributed by atoms with van der Waals surface area (Å²) in [6.07, 6.45) is 1.31. The number of aromatic nitrogens is 2. The molecule has 0 spiro atoms. The molecule has 23 heavy (non-hydrogen) atoms. The maximum atomic E-state index is 13.4. The number of rotatable bonds is 3. The molecule has 7 heteroatoms. The molecule has 6 nitrogen and oxygen atoms in total. The van der Waals surface area contributed by atoms with Crippen molar-refractivity contribution in [2.24, 2.45) is 0 Å². The van der Waals surface area contributed by atoms with Crippen molar-refractivity contribution in [3.05, 3.63) is 80.1 Å². The SMILES string of the molecule is Cc1ccc2ncn(Cc3cc(F)ccc3[N+](=O)[O-])c(=O)c2c1. The van der Waals surface area contributed by atoms with Crippen molar-refractivity contribution in [1.82, 2.24) is 9.55 Å². The molecule has 0 fully saturated rings. The summed E-state index contributed by atoms with van der Waals surface area (Å²) in [6, 6.07) is 8.46. The van der Waals surface area contributed by atoms with Crippen LogP contribution in [0.3, 0.4) is 0 Å². The molecule has 1 aromatic heterocycles. The number of fused-ring (bicyclic) bond motifs is 1.